The molecule has 1 aliphatic rings. The molecule has 1 amide bonds. The van der Waals surface area contributed by atoms with Gasteiger partial charge in [0.2, 0.25) is 0 Å². The molecule has 1 aromatic heterocycles. The maximum atomic E-state index is 11.8. The minimum absolute atomic E-state index is 0.0911. The van der Waals surface area contributed by atoms with E-state index in [-0.39, 0.29) is 5.91 Å². The Bertz CT molecular complexity index is 405. The largest absolute Gasteiger partial charge is 0.356 e. The first kappa shape index (κ1) is 13.4. The number of amides is 1. The van der Waals surface area contributed by atoms with Gasteiger partial charge in [-0.1, -0.05) is 18.0 Å². The van der Waals surface area contributed by atoms with E-state index in [4.69, 9.17) is 11.6 Å². The van der Waals surface area contributed by atoms with Gasteiger partial charge in [-0.05, 0) is 32.4 Å². The van der Waals surface area contributed by atoms with Gasteiger partial charge in [-0.25, -0.2) is 0 Å². The van der Waals surface area contributed by atoms with Crippen LogP contribution >= 0.6 is 11.6 Å². The van der Waals surface area contributed by atoms with Crippen molar-refractivity contribution < 1.29 is 4.79 Å². The van der Waals surface area contributed by atoms with Crippen molar-refractivity contribution in [1.82, 2.24) is 15.2 Å². The number of halogens is 1. The van der Waals surface area contributed by atoms with Gasteiger partial charge in [0.1, 0.15) is 5.69 Å². The molecule has 1 saturated heterocycles. The van der Waals surface area contributed by atoms with Crippen LogP contribution in [0.3, 0.4) is 0 Å². The monoisotopic (exact) mass is 269 g/mol. The fraction of sp³-hybridized carbons (Fsp3) is 0.615. The molecule has 1 aliphatic heterocycles. The van der Waals surface area contributed by atoms with Gasteiger partial charge in [-0.15, -0.1) is 0 Å². The third kappa shape index (κ3) is 3.50. The number of carbonyl (C=O) groups excluding carboxylic acids is 1. The molecule has 2 rings (SSSR count). The number of nitrogens with zero attached hydrogens (tertiary/aromatic N) is 1. The minimum atomic E-state index is -0.0911. The van der Waals surface area contributed by atoms with E-state index in [0.29, 0.717) is 23.3 Å². The van der Waals surface area contributed by atoms with Crippen LogP contribution in [0.1, 0.15) is 36.7 Å². The molecule has 1 atom stereocenters. The van der Waals surface area contributed by atoms with Crippen molar-refractivity contribution in [3.8, 4) is 0 Å². The zero-order chi connectivity index (χ0) is 13.0. The number of aromatic amines is 1. The van der Waals surface area contributed by atoms with Crippen LogP contribution in [0.2, 0.25) is 5.02 Å². The molecule has 2 N–H and O–H groups in total. The Morgan fingerprint density at radius 2 is 2.44 bits per heavy atom. The Labute approximate surface area is 113 Å². The second-order valence-electron chi connectivity index (χ2n) is 4.87. The summed E-state index contributed by atoms with van der Waals surface area (Å²) in [7, 11) is 0. The summed E-state index contributed by atoms with van der Waals surface area (Å²) in [5.74, 6) is -0.0911. The minimum Gasteiger partial charge on any atom is -0.356 e. The lowest BCUT2D eigenvalue weighted by atomic mass is 10.0. The second kappa shape index (κ2) is 6.25. The van der Waals surface area contributed by atoms with E-state index in [0.717, 1.165) is 13.1 Å². The Morgan fingerprint density at radius 1 is 1.61 bits per heavy atom. The fourth-order valence-electron chi connectivity index (χ4n) is 2.40. The first-order chi connectivity index (χ1) is 8.66. The van der Waals surface area contributed by atoms with Crippen molar-refractivity contribution in [1.29, 1.82) is 0 Å². The summed E-state index contributed by atoms with van der Waals surface area (Å²) < 4.78 is 0. The quantitative estimate of drug-likeness (QED) is 0.881. The van der Waals surface area contributed by atoms with Crippen molar-refractivity contribution >= 4 is 17.5 Å². The summed E-state index contributed by atoms with van der Waals surface area (Å²) in [6, 6.07) is 2.27. The molecule has 4 nitrogen and oxygen atoms in total. The molecule has 0 saturated carbocycles. The molecule has 1 aromatic rings. The summed E-state index contributed by atoms with van der Waals surface area (Å²) in [4.78, 5) is 17.0. The number of nitrogens with one attached hydrogen (secondary N) is 2. The van der Waals surface area contributed by atoms with Crippen molar-refractivity contribution in [2.75, 3.05) is 19.6 Å². The Kier molecular flexibility index (Phi) is 4.66. The highest BCUT2D eigenvalue weighted by Gasteiger charge is 2.17. The predicted octanol–water partition coefficient (Wildman–Crippen LogP) is 2.27. The number of carbonyl (C=O) groups is 1. The van der Waals surface area contributed by atoms with Crippen LogP contribution in [-0.2, 0) is 0 Å². The van der Waals surface area contributed by atoms with E-state index in [1.54, 1.807) is 12.3 Å². The second-order valence-corrected chi connectivity index (χ2v) is 5.30. The SMILES string of the molecule is C[C@H]1CCCCN1CCNC(=O)c1cc(Cl)c[nH]1. The molecule has 100 valence electrons. The standard InChI is InChI=1S/C13H20ClN3O/c1-10-4-2-3-6-17(10)7-5-15-13(18)12-8-11(14)9-16-12/h8-10,16H,2-7H2,1H3,(H,15,18)/t10-/m0/s1. The maximum Gasteiger partial charge on any atom is 0.267 e. The number of H-pyrrole nitrogens is 1. The molecule has 0 bridgehead atoms. The van der Waals surface area contributed by atoms with E-state index < -0.39 is 0 Å². The van der Waals surface area contributed by atoms with Crippen LogP contribution < -0.4 is 5.32 Å². The van der Waals surface area contributed by atoms with Gasteiger partial charge >= 0.3 is 0 Å². The summed E-state index contributed by atoms with van der Waals surface area (Å²) in [6.45, 7) is 5.00. The molecule has 0 aromatic carbocycles. The van der Waals surface area contributed by atoms with E-state index in [2.05, 4.69) is 22.1 Å². The van der Waals surface area contributed by atoms with Crippen molar-refractivity contribution in [3.63, 3.8) is 0 Å². The lowest BCUT2D eigenvalue weighted by molar-refractivity contribution is 0.0934. The first-order valence-electron chi connectivity index (χ1n) is 6.53. The molecule has 0 aliphatic carbocycles. The van der Waals surface area contributed by atoms with Crippen molar-refractivity contribution in [2.24, 2.45) is 0 Å². The van der Waals surface area contributed by atoms with Crippen LogP contribution in [0.25, 0.3) is 0 Å². The van der Waals surface area contributed by atoms with E-state index in [9.17, 15) is 4.79 Å². The Hall–Kier alpha value is -1.00. The molecule has 5 heteroatoms. The number of likely N-dealkylation sites (tertiary alicyclic amines) is 1. The molecular formula is C13H20ClN3O. The van der Waals surface area contributed by atoms with Crippen molar-refractivity contribution in [2.45, 2.75) is 32.2 Å². The fourth-order valence-corrected chi connectivity index (χ4v) is 2.56. The highest BCUT2D eigenvalue weighted by Crippen LogP contribution is 2.15. The normalized spacial score (nSPS) is 20.9. The molecule has 0 spiro atoms. The van der Waals surface area contributed by atoms with Gasteiger partial charge in [-0.2, -0.15) is 0 Å². The molecule has 0 unspecified atom stereocenters. The zero-order valence-electron chi connectivity index (χ0n) is 10.7. The van der Waals surface area contributed by atoms with Gasteiger partial charge in [0.05, 0.1) is 5.02 Å². The number of hydrogen-bond acceptors (Lipinski definition) is 2. The van der Waals surface area contributed by atoms with Crippen LogP contribution in [0, 0.1) is 0 Å². The summed E-state index contributed by atoms with van der Waals surface area (Å²) in [5.41, 5.74) is 0.520. The molecule has 18 heavy (non-hydrogen) atoms. The lowest BCUT2D eigenvalue weighted by Gasteiger charge is -2.33. The van der Waals surface area contributed by atoms with E-state index in [1.165, 1.54) is 19.3 Å². The Morgan fingerprint density at radius 3 is 3.11 bits per heavy atom. The third-order valence-electron chi connectivity index (χ3n) is 3.52. The van der Waals surface area contributed by atoms with Crippen LogP contribution in [0.5, 0.6) is 0 Å². The smallest absolute Gasteiger partial charge is 0.267 e. The number of aromatic nitrogens is 1. The first-order valence-corrected chi connectivity index (χ1v) is 6.91. The predicted molar refractivity (Wildman–Crippen MR) is 73.0 cm³/mol. The number of rotatable bonds is 4. The zero-order valence-corrected chi connectivity index (χ0v) is 11.5. The van der Waals surface area contributed by atoms with Gasteiger partial charge < -0.3 is 10.3 Å². The average molecular weight is 270 g/mol. The topological polar surface area (TPSA) is 48.1 Å². The molecular weight excluding hydrogens is 250 g/mol. The summed E-state index contributed by atoms with van der Waals surface area (Å²) >= 11 is 5.76. The molecule has 0 radical (unpaired) electrons. The van der Waals surface area contributed by atoms with Crippen LogP contribution in [0.4, 0.5) is 0 Å². The number of hydrogen-bond donors (Lipinski definition) is 2. The lowest BCUT2D eigenvalue weighted by Crippen LogP contribution is -2.42. The van der Waals surface area contributed by atoms with Crippen molar-refractivity contribution in [3.05, 3.63) is 23.0 Å². The highest BCUT2D eigenvalue weighted by atomic mass is 35.5. The number of piperidine rings is 1. The summed E-state index contributed by atoms with van der Waals surface area (Å²) in [5, 5.41) is 3.47. The third-order valence-corrected chi connectivity index (χ3v) is 3.74. The summed E-state index contributed by atoms with van der Waals surface area (Å²) in [6.07, 6.45) is 5.47. The van der Waals surface area contributed by atoms with E-state index >= 15 is 0 Å². The molecule has 2 heterocycles. The van der Waals surface area contributed by atoms with Gasteiger partial charge in [0, 0.05) is 25.3 Å². The Balaban J connectivity index is 1.73. The van der Waals surface area contributed by atoms with Crippen LogP contribution in [-0.4, -0.2) is 41.5 Å². The van der Waals surface area contributed by atoms with Gasteiger partial charge in [0.25, 0.3) is 5.91 Å². The van der Waals surface area contributed by atoms with E-state index in [1.807, 2.05) is 0 Å². The molecule has 1 fully saturated rings. The van der Waals surface area contributed by atoms with Gasteiger partial charge in [-0.3, -0.25) is 9.69 Å². The average Bonchev–Trinajstić information content (AvgIpc) is 2.78. The highest BCUT2D eigenvalue weighted by molar-refractivity contribution is 6.30. The van der Waals surface area contributed by atoms with Gasteiger partial charge in [0.15, 0.2) is 0 Å². The maximum absolute atomic E-state index is 11.8. The van der Waals surface area contributed by atoms with Crippen LogP contribution in [0.15, 0.2) is 12.3 Å².